The third-order valence-corrected chi connectivity index (χ3v) is 4.49. The first-order valence-electron chi connectivity index (χ1n) is 9.64. The third-order valence-electron chi connectivity index (χ3n) is 4.49. The topological polar surface area (TPSA) is 80.9 Å². The van der Waals surface area contributed by atoms with Gasteiger partial charge in [0, 0.05) is 17.3 Å². The molecule has 0 bridgehead atoms. The van der Waals surface area contributed by atoms with Crippen LogP contribution in [-0.2, 0) is 11.4 Å². The van der Waals surface area contributed by atoms with Gasteiger partial charge in [0.15, 0.2) is 11.5 Å². The average Bonchev–Trinajstić information content (AvgIpc) is 3.22. The number of methoxy groups -OCH3 is 1. The van der Waals surface area contributed by atoms with E-state index < -0.39 is 0 Å². The maximum Gasteiger partial charge on any atom is 0.248 e. The zero-order chi connectivity index (χ0) is 21.5. The first-order chi connectivity index (χ1) is 14.5. The van der Waals surface area contributed by atoms with Crippen LogP contribution in [0.15, 0.2) is 59.0 Å². The van der Waals surface area contributed by atoms with Gasteiger partial charge in [0.05, 0.1) is 13.7 Å². The minimum Gasteiger partial charge on any atom is -0.493 e. The molecule has 0 saturated heterocycles. The standard InChI is InChI=1S/C24H25NO5/c1-4-29-22-10-5-17(14-23(22)28-3)6-12-24(27)25-18-7-9-20(16(2)13-18)21-11-8-19(15-26)30-21/h5-14,26H,4,15H2,1-3H3,(H,25,27)/b12-6+. The van der Waals surface area contributed by atoms with Gasteiger partial charge >= 0.3 is 0 Å². The maximum absolute atomic E-state index is 12.3. The summed E-state index contributed by atoms with van der Waals surface area (Å²) in [5.41, 5.74) is 3.37. The number of hydrogen-bond donors (Lipinski definition) is 2. The number of aliphatic hydroxyl groups is 1. The van der Waals surface area contributed by atoms with Gasteiger partial charge in [-0.1, -0.05) is 6.07 Å². The summed E-state index contributed by atoms with van der Waals surface area (Å²) in [4.78, 5) is 12.3. The Morgan fingerprint density at radius 1 is 1.13 bits per heavy atom. The minimum atomic E-state index is -0.240. The van der Waals surface area contributed by atoms with E-state index in [9.17, 15) is 4.79 Å². The van der Waals surface area contributed by atoms with E-state index in [-0.39, 0.29) is 12.5 Å². The number of benzene rings is 2. The first-order valence-corrected chi connectivity index (χ1v) is 9.64. The molecule has 2 N–H and O–H groups in total. The number of aryl methyl sites for hydroxylation is 1. The van der Waals surface area contributed by atoms with Crippen molar-refractivity contribution < 1.29 is 23.8 Å². The van der Waals surface area contributed by atoms with Crippen LogP contribution in [0.4, 0.5) is 5.69 Å². The van der Waals surface area contributed by atoms with E-state index in [1.54, 1.807) is 19.3 Å². The maximum atomic E-state index is 12.3. The number of hydrogen-bond acceptors (Lipinski definition) is 5. The number of amides is 1. The van der Waals surface area contributed by atoms with Crippen LogP contribution >= 0.6 is 0 Å². The predicted molar refractivity (Wildman–Crippen MR) is 117 cm³/mol. The second-order valence-corrected chi connectivity index (χ2v) is 6.62. The molecular weight excluding hydrogens is 382 g/mol. The van der Waals surface area contributed by atoms with Crippen molar-refractivity contribution in [3.05, 3.63) is 71.5 Å². The van der Waals surface area contributed by atoms with Gasteiger partial charge in [0.1, 0.15) is 18.1 Å². The van der Waals surface area contributed by atoms with Gasteiger partial charge in [-0.15, -0.1) is 0 Å². The molecule has 0 saturated carbocycles. The largest absolute Gasteiger partial charge is 0.493 e. The van der Waals surface area contributed by atoms with E-state index >= 15 is 0 Å². The lowest BCUT2D eigenvalue weighted by Gasteiger charge is -2.09. The smallest absolute Gasteiger partial charge is 0.248 e. The fourth-order valence-corrected chi connectivity index (χ4v) is 3.04. The Balaban J connectivity index is 1.68. The summed E-state index contributed by atoms with van der Waals surface area (Å²) in [7, 11) is 1.58. The summed E-state index contributed by atoms with van der Waals surface area (Å²) < 4.78 is 16.4. The molecule has 156 valence electrons. The number of ether oxygens (including phenoxy) is 2. The van der Waals surface area contributed by atoms with Crippen LogP contribution in [-0.4, -0.2) is 24.7 Å². The van der Waals surface area contributed by atoms with Crippen molar-refractivity contribution in [3.8, 4) is 22.8 Å². The predicted octanol–water partition coefficient (Wildman–Crippen LogP) is 4.81. The molecule has 6 nitrogen and oxygen atoms in total. The van der Waals surface area contributed by atoms with Crippen LogP contribution in [0, 0.1) is 6.92 Å². The quantitative estimate of drug-likeness (QED) is 0.524. The van der Waals surface area contributed by atoms with Crippen molar-refractivity contribution in [2.45, 2.75) is 20.5 Å². The van der Waals surface area contributed by atoms with Crippen molar-refractivity contribution in [2.24, 2.45) is 0 Å². The van der Waals surface area contributed by atoms with E-state index in [0.29, 0.717) is 35.3 Å². The number of carbonyl (C=O) groups excluding carboxylic acids is 1. The summed E-state index contributed by atoms with van der Waals surface area (Å²) >= 11 is 0. The van der Waals surface area contributed by atoms with E-state index in [1.165, 1.54) is 6.08 Å². The van der Waals surface area contributed by atoms with Gasteiger partial charge in [0.2, 0.25) is 5.91 Å². The molecule has 0 spiro atoms. The Labute approximate surface area is 175 Å². The zero-order valence-corrected chi connectivity index (χ0v) is 17.3. The molecule has 0 fully saturated rings. The molecule has 6 heteroatoms. The molecule has 1 amide bonds. The van der Waals surface area contributed by atoms with Crippen molar-refractivity contribution in [3.63, 3.8) is 0 Å². The summed E-state index contributed by atoms with van der Waals surface area (Å²) in [6.07, 6.45) is 3.19. The highest BCUT2D eigenvalue weighted by atomic mass is 16.5. The highest BCUT2D eigenvalue weighted by Gasteiger charge is 2.09. The molecule has 30 heavy (non-hydrogen) atoms. The lowest BCUT2D eigenvalue weighted by Crippen LogP contribution is -2.07. The SMILES string of the molecule is CCOc1ccc(/C=C/C(=O)Nc2ccc(-c3ccc(CO)o3)c(C)c2)cc1OC. The number of aliphatic hydroxyl groups excluding tert-OH is 1. The fraction of sp³-hybridized carbons (Fsp3) is 0.208. The number of furan rings is 1. The first kappa shape index (κ1) is 21.2. The summed E-state index contributed by atoms with van der Waals surface area (Å²) in [6, 6.07) is 14.6. The van der Waals surface area contributed by atoms with Crippen molar-refractivity contribution in [1.82, 2.24) is 0 Å². The van der Waals surface area contributed by atoms with Gasteiger partial charge in [-0.3, -0.25) is 4.79 Å². The molecule has 0 unspecified atom stereocenters. The second kappa shape index (κ2) is 9.80. The molecule has 3 aromatic rings. The zero-order valence-electron chi connectivity index (χ0n) is 17.3. The van der Waals surface area contributed by atoms with Crippen LogP contribution in [0.25, 0.3) is 17.4 Å². The van der Waals surface area contributed by atoms with Gasteiger partial charge in [-0.2, -0.15) is 0 Å². The van der Waals surface area contributed by atoms with Crippen LogP contribution in [0.3, 0.4) is 0 Å². The molecule has 0 aliphatic carbocycles. The van der Waals surface area contributed by atoms with Crippen molar-refractivity contribution >= 4 is 17.7 Å². The molecule has 2 aromatic carbocycles. The van der Waals surface area contributed by atoms with Crippen molar-refractivity contribution in [1.29, 1.82) is 0 Å². The second-order valence-electron chi connectivity index (χ2n) is 6.62. The molecule has 3 rings (SSSR count). The lowest BCUT2D eigenvalue weighted by atomic mass is 10.1. The lowest BCUT2D eigenvalue weighted by molar-refractivity contribution is -0.111. The number of rotatable bonds is 8. The Morgan fingerprint density at radius 3 is 2.63 bits per heavy atom. The summed E-state index contributed by atoms with van der Waals surface area (Å²) in [6.45, 7) is 4.26. The van der Waals surface area contributed by atoms with Crippen LogP contribution < -0.4 is 14.8 Å². The number of nitrogens with one attached hydrogen (secondary N) is 1. The minimum absolute atomic E-state index is 0.139. The van der Waals surface area contributed by atoms with E-state index in [4.69, 9.17) is 19.0 Å². The molecule has 0 radical (unpaired) electrons. The third kappa shape index (κ3) is 5.10. The molecule has 0 aliphatic heterocycles. The molecule has 0 atom stereocenters. The van der Waals surface area contributed by atoms with Crippen LogP contribution in [0.2, 0.25) is 0 Å². The van der Waals surface area contributed by atoms with Gasteiger partial charge < -0.3 is 24.3 Å². The van der Waals surface area contributed by atoms with E-state index in [2.05, 4.69) is 5.32 Å². The highest BCUT2D eigenvalue weighted by molar-refractivity contribution is 6.02. The monoisotopic (exact) mass is 407 g/mol. The van der Waals surface area contributed by atoms with Gasteiger partial charge in [-0.25, -0.2) is 0 Å². The molecular formula is C24H25NO5. The Bertz CT molecular complexity index is 1050. The normalized spacial score (nSPS) is 10.9. The van der Waals surface area contributed by atoms with E-state index in [0.717, 1.165) is 16.7 Å². The van der Waals surface area contributed by atoms with Crippen LogP contribution in [0.1, 0.15) is 23.8 Å². The average molecular weight is 407 g/mol. The number of carbonyl (C=O) groups is 1. The Morgan fingerprint density at radius 2 is 1.97 bits per heavy atom. The van der Waals surface area contributed by atoms with Gasteiger partial charge in [-0.05, 0) is 73.5 Å². The van der Waals surface area contributed by atoms with E-state index in [1.807, 2.05) is 56.3 Å². The summed E-state index contributed by atoms with van der Waals surface area (Å²) in [5, 5.41) is 12.0. The molecule has 1 heterocycles. The highest BCUT2D eigenvalue weighted by Crippen LogP contribution is 2.29. The fourth-order valence-electron chi connectivity index (χ4n) is 3.04. The number of anilines is 1. The Hall–Kier alpha value is -3.51. The summed E-state index contributed by atoms with van der Waals surface area (Å²) in [5.74, 6) is 2.24. The van der Waals surface area contributed by atoms with Crippen LogP contribution in [0.5, 0.6) is 11.5 Å². The Kier molecular flexibility index (Phi) is 6.93. The molecule has 1 aromatic heterocycles. The van der Waals surface area contributed by atoms with Crippen molar-refractivity contribution in [2.75, 3.05) is 19.0 Å². The molecule has 0 aliphatic rings. The van der Waals surface area contributed by atoms with Gasteiger partial charge in [0.25, 0.3) is 0 Å².